The second-order valence-electron chi connectivity index (χ2n) is 4.43. The Balaban J connectivity index is 3.29. The van der Waals surface area contributed by atoms with Gasteiger partial charge in [-0.25, -0.2) is 0 Å². The van der Waals surface area contributed by atoms with Gasteiger partial charge in [-0.1, -0.05) is 43.6 Å². The van der Waals surface area contributed by atoms with Gasteiger partial charge in [0.1, 0.15) is 5.75 Å². The fourth-order valence-corrected chi connectivity index (χ4v) is 2.47. The van der Waals surface area contributed by atoms with E-state index in [1.807, 2.05) is 0 Å². The molecule has 1 aromatic rings. The maximum absolute atomic E-state index is 5.43. The lowest BCUT2D eigenvalue weighted by Crippen LogP contribution is -1.98. The van der Waals surface area contributed by atoms with Gasteiger partial charge >= 0.3 is 0 Å². The van der Waals surface area contributed by atoms with Crippen molar-refractivity contribution in [1.29, 1.82) is 0 Å². The molecule has 0 radical (unpaired) electrons. The predicted molar refractivity (Wildman–Crippen MR) is 68.9 cm³/mol. The van der Waals surface area contributed by atoms with E-state index in [1.54, 1.807) is 7.11 Å². The van der Waals surface area contributed by atoms with Gasteiger partial charge in [0, 0.05) is 4.47 Å². The van der Waals surface area contributed by atoms with Crippen molar-refractivity contribution in [3.05, 3.63) is 27.7 Å². The van der Waals surface area contributed by atoms with E-state index >= 15 is 0 Å². The Labute approximate surface area is 101 Å². The van der Waals surface area contributed by atoms with Gasteiger partial charge in [-0.05, 0) is 35.1 Å². The van der Waals surface area contributed by atoms with Crippen molar-refractivity contribution in [2.24, 2.45) is 0 Å². The topological polar surface area (TPSA) is 9.23 Å². The minimum absolute atomic E-state index is 0.484. The Morgan fingerprint density at radius 3 is 1.93 bits per heavy atom. The molecule has 0 fully saturated rings. The van der Waals surface area contributed by atoms with Crippen molar-refractivity contribution in [2.75, 3.05) is 7.11 Å². The van der Waals surface area contributed by atoms with Crippen LogP contribution in [0, 0.1) is 0 Å². The van der Waals surface area contributed by atoms with E-state index in [0.717, 1.165) is 5.75 Å². The highest BCUT2D eigenvalue weighted by molar-refractivity contribution is 9.10. The maximum atomic E-state index is 5.43. The van der Waals surface area contributed by atoms with E-state index in [2.05, 4.69) is 55.8 Å². The first-order chi connectivity index (χ1) is 6.97. The number of rotatable bonds is 3. The zero-order chi connectivity index (χ0) is 11.6. The van der Waals surface area contributed by atoms with Crippen LogP contribution in [0.2, 0.25) is 0 Å². The fraction of sp³-hybridized carbons (Fsp3) is 0.538. The van der Waals surface area contributed by atoms with Crippen LogP contribution in [0.3, 0.4) is 0 Å². The molecule has 2 heteroatoms. The van der Waals surface area contributed by atoms with Gasteiger partial charge in [-0.2, -0.15) is 0 Å². The molecule has 0 aliphatic heterocycles. The summed E-state index contributed by atoms with van der Waals surface area (Å²) in [6, 6.07) is 4.32. The third-order valence-corrected chi connectivity index (χ3v) is 3.28. The van der Waals surface area contributed by atoms with Crippen molar-refractivity contribution in [3.63, 3.8) is 0 Å². The quantitative estimate of drug-likeness (QED) is 0.774. The molecule has 0 bridgehead atoms. The van der Waals surface area contributed by atoms with Crippen LogP contribution in [0.4, 0.5) is 0 Å². The predicted octanol–water partition coefficient (Wildman–Crippen LogP) is 4.70. The molecule has 0 saturated heterocycles. The van der Waals surface area contributed by atoms with E-state index in [1.165, 1.54) is 15.6 Å². The summed E-state index contributed by atoms with van der Waals surface area (Å²) in [7, 11) is 1.74. The Morgan fingerprint density at radius 1 is 1.00 bits per heavy atom. The number of benzene rings is 1. The van der Waals surface area contributed by atoms with E-state index < -0.39 is 0 Å². The van der Waals surface area contributed by atoms with Crippen molar-refractivity contribution < 1.29 is 4.74 Å². The molecule has 0 unspecified atom stereocenters. The second kappa shape index (κ2) is 5.02. The summed E-state index contributed by atoms with van der Waals surface area (Å²) in [6.45, 7) is 8.74. The average molecular weight is 271 g/mol. The summed E-state index contributed by atoms with van der Waals surface area (Å²) >= 11 is 3.62. The van der Waals surface area contributed by atoms with Crippen LogP contribution in [0.15, 0.2) is 16.6 Å². The zero-order valence-corrected chi connectivity index (χ0v) is 11.7. The lowest BCUT2D eigenvalue weighted by molar-refractivity contribution is 0.406. The highest BCUT2D eigenvalue weighted by Crippen LogP contribution is 2.35. The zero-order valence-electron chi connectivity index (χ0n) is 10.1. The van der Waals surface area contributed by atoms with Crippen LogP contribution in [0.25, 0.3) is 0 Å². The van der Waals surface area contributed by atoms with E-state index in [-0.39, 0.29) is 0 Å². The highest BCUT2D eigenvalue weighted by atomic mass is 79.9. The molecule has 84 valence electrons. The fourth-order valence-electron chi connectivity index (χ4n) is 1.65. The minimum Gasteiger partial charge on any atom is -0.496 e. The van der Waals surface area contributed by atoms with Gasteiger partial charge in [0.05, 0.1) is 7.11 Å². The van der Waals surface area contributed by atoms with Crippen molar-refractivity contribution in [2.45, 2.75) is 39.5 Å². The number of halogens is 1. The number of methoxy groups -OCH3 is 1. The molecule has 1 rings (SSSR count). The van der Waals surface area contributed by atoms with E-state index in [0.29, 0.717) is 11.8 Å². The van der Waals surface area contributed by atoms with Crippen LogP contribution < -0.4 is 4.74 Å². The van der Waals surface area contributed by atoms with Crippen LogP contribution in [-0.4, -0.2) is 7.11 Å². The van der Waals surface area contributed by atoms with Crippen molar-refractivity contribution in [1.82, 2.24) is 0 Å². The second-order valence-corrected chi connectivity index (χ2v) is 5.28. The maximum Gasteiger partial charge on any atom is 0.122 e. The normalized spacial score (nSPS) is 11.2. The molecule has 0 saturated carbocycles. The van der Waals surface area contributed by atoms with Gasteiger partial charge in [-0.15, -0.1) is 0 Å². The summed E-state index contributed by atoms with van der Waals surface area (Å²) in [5.41, 5.74) is 2.56. The number of hydrogen-bond donors (Lipinski definition) is 0. The number of hydrogen-bond acceptors (Lipinski definition) is 1. The van der Waals surface area contributed by atoms with Gasteiger partial charge in [0.25, 0.3) is 0 Å². The highest BCUT2D eigenvalue weighted by Gasteiger charge is 2.13. The number of ether oxygens (including phenoxy) is 1. The Bertz CT molecular complexity index is 343. The van der Waals surface area contributed by atoms with Crippen molar-refractivity contribution >= 4 is 15.9 Å². The average Bonchev–Trinajstić information content (AvgIpc) is 2.16. The van der Waals surface area contributed by atoms with Gasteiger partial charge < -0.3 is 4.74 Å². The first kappa shape index (κ1) is 12.6. The minimum atomic E-state index is 0.484. The lowest BCUT2D eigenvalue weighted by Gasteiger charge is -2.16. The Hall–Kier alpha value is -0.500. The summed E-state index contributed by atoms with van der Waals surface area (Å²) < 4.78 is 6.61. The van der Waals surface area contributed by atoms with Crippen LogP contribution >= 0.6 is 15.9 Å². The van der Waals surface area contributed by atoms with Crippen molar-refractivity contribution in [3.8, 4) is 5.75 Å². The molecule has 0 heterocycles. The van der Waals surface area contributed by atoms with Gasteiger partial charge in [0.2, 0.25) is 0 Å². The smallest absolute Gasteiger partial charge is 0.122 e. The van der Waals surface area contributed by atoms with Gasteiger partial charge in [-0.3, -0.25) is 0 Å². The molecule has 0 spiro atoms. The molecular formula is C13H19BrO. The first-order valence-corrected chi connectivity index (χ1v) is 6.14. The molecule has 1 nitrogen and oxygen atoms in total. The largest absolute Gasteiger partial charge is 0.496 e. The molecule has 0 amide bonds. The molecule has 0 aromatic heterocycles. The lowest BCUT2D eigenvalue weighted by atomic mass is 9.96. The molecule has 0 N–H and O–H groups in total. The first-order valence-electron chi connectivity index (χ1n) is 5.34. The van der Waals surface area contributed by atoms with Gasteiger partial charge in [0.15, 0.2) is 0 Å². The third-order valence-electron chi connectivity index (χ3n) is 2.59. The van der Waals surface area contributed by atoms with Crippen LogP contribution in [0.1, 0.15) is 50.7 Å². The monoisotopic (exact) mass is 270 g/mol. The summed E-state index contributed by atoms with van der Waals surface area (Å²) in [5, 5.41) is 0. The summed E-state index contributed by atoms with van der Waals surface area (Å²) in [5.74, 6) is 1.99. The van der Waals surface area contributed by atoms with Crippen LogP contribution in [-0.2, 0) is 0 Å². The van der Waals surface area contributed by atoms with Crippen LogP contribution in [0.5, 0.6) is 5.75 Å². The summed E-state index contributed by atoms with van der Waals surface area (Å²) in [6.07, 6.45) is 0. The SMILES string of the molecule is COc1cc(C(C)C)c(Br)cc1C(C)C. The molecule has 0 atom stereocenters. The molecule has 0 aliphatic carbocycles. The molecule has 15 heavy (non-hydrogen) atoms. The third kappa shape index (κ3) is 2.75. The van der Waals surface area contributed by atoms with E-state index in [9.17, 15) is 0 Å². The Morgan fingerprint density at radius 2 is 1.53 bits per heavy atom. The standard InChI is InChI=1S/C13H19BrO/c1-8(2)10-7-13(15-5)11(9(3)4)6-12(10)14/h6-9H,1-5H3. The summed E-state index contributed by atoms with van der Waals surface area (Å²) in [4.78, 5) is 0. The molecular weight excluding hydrogens is 252 g/mol. The van der Waals surface area contributed by atoms with E-state index in [4.69, 9.17) is 4.74 Å². The molecule has 1 aromatic carbocycles. The molecule has 0 aliphatic rings. The Kier molecular flexibility index (Phi) is 4.21.